The minimum absolute atomic E-state index is 0.273. The second kappa shape index (κ2) is 5.01. The quantitative estimate of drug-likeness (QED) is 0.791. The van der Waals surface area contributed by atoms with Gasteiger partial charge < -0.3 is 19.4 Å². The maximum absolute atomic E-state index is 5.95. The fourth-order valence-electron chi connectivity index (χ4n) is 2.32. The van der Waals surface area contributed by atoms with Crippen molar-refractivity contribution in [3.05, 3.63) is 41.9 Å². The van der Waals surface area contributed by atoms with Crippen LogP contribution in [0.2, 0.25) is 0 Å². The highest BCUT2D eigenvalue weighted by atomic mass is 16.5. The lowest BCUT2D eigenvalue weighted by Gasteiger charge is -2.07. The number of aryl methyl sites for hydroxylation is 2. The number of furan rings is 1. The van der Waals surface area contributed by atoms with Gasteiger partial charge in [0, 0.05) is 5.56 Å². The van der Waals surface area contributed by atoms with E-state index in [-0.39, 0.29) is 5.88 Å². The Bertz CT molecular complexity index is 787. The summed E-state index contributed by atoms with van der Waals surface area (Å²) in [7, 11) is 1.64. The Labute approximate surface area is 122 Å². The molecular weight excluding hydrogens is 268 g/mol. The number of nitrogens with two attached hydrogens (primary N) is 1. The molecular formula is C16H16N2O3. The predicted octanol–water partition coefficient (Wildman–Crippen LogP) is 3.81. The van der Waals surface area contributed by atoms with Crippen LogP contribution in [0.4, 0.5) is 5.88 Å². The number of anilines is 1. The molecule has 5 heteroatoms. The first kappa shape index (κ1) is 13.3. The van der Waals surface area contributed by atoms with Gasteiger partial charge in [-0.15, -0.1) is 0 Å². The molecule has 2 aromatic heterocycles. The first-order chi connectivity index (χ1) is 10.1. The molecule has 0 amide bonds. The number of ether oxygens (including phenoxy) is 1. The summed E-state index contributed by atoms with van der Waals surface area (Å²) in [5.74, 6) is 1.87. The van der Waals surface area contributed by atoms with E-state index in [2.05, 4.69) is 5.16 Å². The van der Waals surface area contributed by atoms with Crippen LogP contribution in [0, 0.1) is 13.8 Å². The average Bonchev–Trinajstić information content (AvgIpc) is 3.05. The number of methoxy groups -OCH3 is 1. The zero-order valence-corrected chi connectivity index (χ0v) is 12.1. The van der Waals surface area contributed by atoms with Gasteiger partial charge >= 0.3 is 0 Å². The zero-order valence-electron chi connectivity index (χ0n) is 12.1. The van der Waals surface area contributed by atoms with Crippen LogP contribution in [0.25, 0.3) is 22.4 Å². The van der Waals surface area contributed by atoms with E-state index >= 15 is 0 Å². The third-order valence-corrected chi connectivity index (χ3v) is 3.42. The Morgan fingerprint density at radius 1 is 1.14 bits per heavy atom. The topological polar surface area (TPSA) is 74.4 Å². The van der Waals surface area contributed by atoms with Gasteiger partial charge in [0.1, 0.15) is 23.5 Å². The molecule has 0 atom stereocenters. The second-order valence-corrected chi connectivity index (χ2v) is 4.90. The highest BCUT2D eigenvalue weighted by Gasteiger charge is 2.19. The van der Waals surface area contributed by atoms with Gasteiger partial charge in [-0.3, -0.25) is 0 Å². The summed E-state index contributed by atoms with van der Waals surface area (Å²) < 4.78 is 15.9. The smallest absolute Gasteiger partial charge is 0.230 e. The molecule has 0 saturated heterocycles. The molecule has 21 heavy (non-hydrogen) atoms. The summed E-state index contributed by atoms with van der Waals surface area (Å²) >= 11 is 0. The van der Waals surface area contributed by atoms with E-state index in [0.29, 0.717) is 5.69 Å². The van der Waals surface area contributed by atoms with Crippen molar-refractivity contribution in [1.29, 1.82) is 0 Å². The number of aromatic nitrogens is 1. The van der Waals surface area contributed by atoms with Crippen molar-refractivity contribution in [3.8, 4) is 28.1 Å². The molecule has 108 valence electrons. The maximum Gasteiger partial charge on any atom is 0.230 e. The van der Waals surface area contributed by atoms with Crippen LogP contribution in [-0.4, -0.2) is 12.3 Å². The highest BCUT2D eigenvalue weighted by molar-refractivity contribution is 5.87. The molecule has 3 rings (SSSR count). The van der Waals surface area contributed by atoms with Crippen molar-refractivity contribution < 1.29 is 13.7 Å². The summed E-state index contributed by atoms with van der Waals surface area (Å²) in [6.45, 7) is 3.86. The largest absolute Gasteiger partial charge is 0.496 e. The van der Waals surface area contributed by atoms with Gasteiger partial charge in [-0.1, -0.05) is 17.3 Å². The van der Waals surface area contributed by atoms with Crippen LogP contribution in [0.3, 0.4) is 0 Å². The van der Waals surface area contributed by atoms with Crippen molar-refractivity contribution in [1.82, 2.24) is 5.16 Å². The van der Waals surface area contributed by atoms with Crippen molar-refractivity contribution in [2.75, 3.05) is 12.8 Å². The number of nitrogen functional groups attached to an aromatic ring is 1. The first-order valence-corrected chi connectivity index (χ1v) is 6.56. The van der Waals surface area contributed by atoms with E-state index in [1.807, 2.05) is 38.1 Å². The maximum atomic E-state index is 5.95. The van der Waals surface area contributed by atoms with Gasteiger partial charge in [-0.2, -0.15) is 0 Å². The summed E-state index contributed by atoms with van der Waals surface area (Å²) in [5, 5.41) is 4.05. The molecule has 0 bridgehead atoms. The molecule has 0 aliphatic heterocycles. The van der Waals surface area contributed by atoms with Crippen LogP contribution < -0.4 is 10.5 Å². The Morgan fingerprint density at radius 2 is 1.95 bits per heavy atom. The normalized spacial score (nSPS) is 10.8. The molecule has 2 heterocycles. The molecule has 0 spiro atoms. The fourth-order valence-corrected chi connectivity index (χ4v) is 2.32. The van der Waals surface area contributed by atoms with E-state index in [0.717, 1.165) is 33.8 Å². The standard InChI is InChI=1S/C16H16N2O3/c1-9-4-5-11(7-13(9)19-3)14-15(18-21-16(14)17)12-6-10(2)20-8-12/h4-8H,17H2,1-3H3. The highest BCUT2D eigenvalue weighted by Crippen LogP contribution is 2.38. The molecule has 5 nitrogen and oxygen atoms in total. The number of benzene rings is 1. The first-order valence-electron chi connectivity index (χ1n) is 6.56. The van der Waals surface area contributed by atoms with E-state index in [1.165, 1.54) is 0 Å². The molecule has 0 unspecified atom stereocenters. The van der Waals surface area contributed by atoms with Gasteiger partial charge in [0.2, 0.25) is 5.88 Å². The minimum atomic E-state index is 0.273. The number of hydrogen-bond donors (Lipinski definition) is 1. The SMILES string of the molecule is COc1cc(-c2c(-c3coc(C)c3)noc2N)ccc1C. The summed E-state index contributed by atoms with van der Waals surface area (Å²) in [5.41, 5.74) is 10.1. The molecule has 0 radical (unpaired) electrons. The van der Waals surface area contributed by atoms with Gasteiger partial charge in [0.15, 0.2) is 0 Å². The Morgan fingerprint density at radius 3 is 2.62 bits per heavy atom. The Kier molecular flexibility index (Phi) is 3.17. The van der Waals surface area contributed by atoms with Crippen molar-refractivity contribution in [2.45, 2.75) is 13.8 Å². The summed E-state index contributed by atoms with van der Waals surface area (Å²) in [4.78, 5) is 0. The summed E-state index contributed by atoms with van der Waals surface area (Å²) in [6.07, 6.45) is 1.64. The lowest BCUT2D eigenvalue weighted by molar-refractivity contribution is 0.412. The molecule has 1 aromatic carbocycles. The van der Waals surface area contributed by atoms with Crippen LogP contribution in [0.5, 0.6) is 5.75 Å². The Hall–Kier alpha value is -2.69. The molecule has 0 aliphatic carbocycles. The number of nitrogens with zero attached hydrogens (tertiary/aromatic N) is 1. The molecule has 2 N–H and O–H groups in total. The molecule has 0 saturated carbocycles. The van der Waals surface area contributed by atoms with Gasteiger partial charge in [-0.25, -0.2) is 0 Å². The molecule has 3 aromatic rings. The lowest BCUT2D eigenvalue weighted by Crippen LogP contribution is -1.91. The van der Waals surface area contributed by atoms with Crippen LogP contribution in [-0.2, 0) is 0 Å². The number of rotatable bonds is 3. The third kappa shape index (κ3) is 2.27. The van der Waals surface area contributed by atoms with Gasteiger partial charge in [0.05, 0.1) is 12.7 Å². The van der Waals surface area contributed by atoms with E-state index in [1.54, 1.807) is 13.4 Å². The van der Waals surface area contributed by atoms with Crippen LogP contribution >= 0.6 is 0 Å². The Balaban J connectivity index is 2.17. The molecule has 0 fully saturated rings. The fraction of sp³-hybridized carbons (Fsp3) is 0.188. The van der Waals surface area contributed by atoms with Crippen molar-refractivity contribution in [2.24, 2.45) is 0 Å². The zero-order chi connectivity index (χ0) is 15.0. The van der Waals surface area contributed by atoms with E-state index < -0.39 is 0 Å². The van der Waals surface area contributed by atoms with E-state index in [4.69, 9.17) is 19.4 Å². The van der Waals surface area contributed by atoms with Gasteiger partial charge in [-0.05, 0) is 37.1 Å². The van der Waals surface area contributed by atoms with Crippen molar-refractivity contribution >= 4 is 5.88 Å². The van der Waals surface area contributed by atoms with E-state index in [9.17, 15) is 0 Å². The average molecular weight is 284 g/mol. The van der Waals surface area contributed by atoms with Crippen LogP contribution in [0.15, 0.2) is 39.5 Å². The second-order valence-electron chi connectivity index (χ2n) is 4.90. The molecule has 0 aliphatic rings. The predicted molar refractivity (Wildman–Crippen MR) is 80.1 cm³/mol. The number of hydrogen-bond acceptors (Lipinski definition) is 5. The minimum Gasteiger partial charge on any atom is -0.496 e. The monoisotopic (exact) mass is 284 g/mol. The van der Waals surface area contributed by atoms with Crippen molar-refractivity contribution in [3.63, 3.8) is 0 Å². The third-order valence-electron chi connectivity index (χ3n) is 3.42. The van der Waals surface area contributed by atoms with Crippen LogP contribution in [0.1, 0.15) is 11.3 Å². The van der Waals surface area contributed by atoms with Gasteiger partial charge in [0.25, 0.3) is 0 Å². The lowest BCUT2D eigenvalue weighted by atomic mass is 10.0. The summed E-state index contributed by atoms with van der Waals surface area (Å²) in [6, 6.07) is 7.77.